The van der Waals surface area contributed by atoms with Crippen LogP contribution >= 0.6 is 0 Å². The van der Waals surface area contributed by atoms with E-state index in [9.17, 15) is 4.79 Å². The zero-order chi connectivity index (χ0) is 12.3. The molecule has 5 nitrogen and oxygen atoms in total. The van der Waals surface area contributed by atoms with Gasteiger partial charge in [0.05, 0.1) is 18.3 Å². The van der Waals surface area contributed by atoms with Crippen LogP contribution in [0.25, 0.3) is 0 Å². The molecule has 0 aromatic carbocycles. The number of carbonyl (C=O) groups excluding carboxylic acids is 1. The van der Waals surface area contributed by atoms with Gasteiger partial charge in [-0.15, -0.1) is 0 Å². The highest BCUT2D eigenvalue weighted by Crippen LogP contribution is 2.14. The van der Waals surface area contributed by atoms with Crippen molar-refractivity contribution in [3.63, 3.8) is 0 Å². The second-order valence-electron chi connectivity index (χ2n) is 3.86. The Morgan fingerprint density at radius 2 is 2.25 bits per heavy atom. The summed E-state index contributed by atoms with van der Waals surface area (Å²) in [6.07, 6.45) is 1.89. The topological polar surface area (TPSA) is 70.1 Å². The van der Waals surface area contributed by atoms with Crippen LogP contribution in [0.1, 0.15) is 31.4 Å². The van der Waals surface area contributed by atoms with Crippen molar-refractivity contribution >= 4 is 5.97 Å². The molecule has 2 unspecified atom stereocenters. The van der Waals surface area contributed by atoms with Crippen molar-refractivity contribution in [3.8, 4) is 0 Å². The van der Waals surface area contributed by atoms with E-state index in [0.717, 1.165) is 11.5 Å². The summed E-state index contributed by atoms with van der Waals surface area (Å²) in [5, 5.41) is 0. The number of ether oxygens (including phenoxy) is 1. The van der Waals surface area contributed by atoms with E-state index < -0.39 is 6.04 Å². The lowest BCUT2D eigenvalue weighted by Crippen LogP contribution is -2.39. The first kappa shape index (κ1) is 12.7. The summed E-state index contributed by atoms with van der Waals surface area (Å²) in [5.41, 5.74) is 6.75. The predicted octanol–water partition coefficient (Wildman–Crippen LogP) is 0.951. The lowest BCUT2D eigenvalue weighted by Gasteiger charge is -2.20. The van der Waals surface area contributed by atoms with Gasteiger partial charge in [0.15, 0.2) is 0 Å². The van der Waals surface area contributed by atoms with Crippen LogP contribution in [-0.4, -0.2) is 28.2 Å². The maximum Gasteiger partial charge on any atom is 0.325 e. The number of imidazole rings is 1. The van der Waals surface area contributed by atoms with Crippen molar-refractivity contribution in [2.45, 2.75) is 39.8 Å². The number of nitrogens with zero attached hydrogens (tertiary/aromatic N) is 2. The minimum Gasteiger partial charge on any atom is -0.465 e. The highest BCUT2D eigenvalue weighted by molar-refractivity contribution is 5.76. The smallest absolute Gasteiger partial charge is 0.325 e. The normalized spacial score (nSPS) is 14.6. The zero-order valence-corrected chi connectivity index (χ0v) is 10.2. The van der Waals surface area contributed by atoms with E-state index in [-0.39, 0.29) is 12.0 Å². The molecule has 2 atom stereocenters. The fraction of sp³-hybridized carbons (Fsp3) is 0.636. The molecule has 5 heteroatoms. The van der Waals surface area contributed by atoms with Gasteiger partial charge in [-0.2, -0.15) is 0 Å². The molecule has 0 spiro atoms. The SMILES string of the molecule is CCOC(=O)C(N)C(C)n1cc(C)nc1C. The lowest BCUT2D eigenvalue weighted by molar-refractivity contribution is -0.145. The first-order chi connectivity index (χ1) is 7.47. The van der Waals surface area contributed by atoms with Gasteiger partial charge in [0.2, 0.25) is 0 Å². The van der Waals surface area contributed by atoms with Gasteiger partial charge in [0, 0.05) is 6.20 Å². The van der Waals surface area contributed by atoms with Crippen molar-refractivity contribution in [2.24, 2.45) is 5.73 Å². The summed E-state index contributed by atoms with van der Waals surface area (Å²) in [6, 6.07) is -0.813. The molecule has 0 aliphatic rings. The van der Waals surface area contributed by atoms with Crippen LogP contribution in [0.3, 0.4) is 0 Å². The van der Waals surface area contributed by atoms with Gasteiger partial charge in [0.25, 0.3) is 0 Å². The number of hydrogen-bond donors (Lipinski definition) is 1. The van der Waals surface area contributed by atoms with E-state index in [1.165, 1.54) is 0 Å². The molecule has 0 fully saturated rings. The third kappa shape index (κ3) is 2.61. The van der Waals surface area contributed by atoms with E-state index in [4.69, 9.17) is 10.5 Å². The highest BCUT2D eigenvalue weighted by atomic mass is 16.5. The van der Waals surface area contributed by atoms with Gasteiger partial charge in [-0.1, -0.05) is 0 Å². The third-order valence-corrected chi connectivity index (χ3v) is 2.55. The van der Waals surface area contributed by atoms with Crippen molar-refractivity contribution in [3.05, 3.63) is 17.7 Å². The predicted molar refractivity (Wildman–Crippen MR) is 61.0 cm³/mol. The van der Waals surface area contributed by atoms with Crippen molar-refractivity contribution in [1.29, 1.82) is 0 Å². The molecule has 0 bridgehead atoms. The number of rotatable bonds is 4. The van der Waals surface area contributed by atoms with Crippen LogP contribution in [0, 0.1) is 13.8 Å². The van der Waals surface area contributed by atoms with Crippen molar-refractivity contribution < 1.29 is 9.53 Å². The molecule has 2 N–H and O–H groups in total. The van der Waals surface area contributed by atoms with E-state index >= 15 is 0 Å². The Hall–Kier alpha value is -1.36. The van der Waals surface area contributed by atoms with Crippen LogP contribution in [0.2, 0.25) is 0 Å². The summed E-state index contributed by atoms with van der Waals surface area (Å²) >= 11 is 0. The summed E-state index contributed by atoms with van der Waals surface area (Å²) < 4.78 is 6.80. The maximum absolute atomic E-state index is 11.5. The standard InChI is InChI=1S/C11H19N3O2/c1-5-16-11(15)10(12)8(3)14-6-7(2)13-9(14)4/h6,8,10H,5,12H2,1-4H3. The molecule has 90 valence electrons. The number of hydrogen-bond acceptors (Lipinski definition) is 4. The van der Waals surface area contributed by atoms with Gasteiger partial charge >= 0.3 is 5.97 Å². The van der Waals surface area contributed by atoms with Crippen LogP contribution in [-0.2, 0) is 9.53 Å². The third-order valence-electron chi connectivity index (χ3n) is 2.55. The molecule has 0 amide bonds. The molecule has 1 rings (SSSR count). The molecule has 16 heavy (non-hydrogen) atoms. The quantitative estimate of drug-likeness (QED) is 0.774. The Balaban J connectivity index is 2.81. The van der Waals surface area contributed by atoms with Gasteiger partial charge < -0.3 is 15.0 Å². The zero-order valence-electron chi connectivity index (χ0n) is 10.2. The monoisotopic (exact) mass is 225 g/mol. The van der Waals surface area contributed by atoms with E-state index in [1.54, 1.807) is 6.92 Å². The second kappa shape index (κ2) is 5.12. The average Bonchev–Trinajstić information content (AvgIpc) is 2.56. The molecular formula is C11H19N3O2. The molecular weight excluding hydrogens is 206 g/mol. The van der Waals surface area contributed by atoms with Gasteiger partial charge in [0.1, 0.15) is 11.9 Å². The highest BCUT2D eigenvalue weighted by Gasteiger charge is 2.24. The van der Waals surface area contributed by atoms with Crippen LogP contribution < -0.4 is 5.73 Å². The Morgan fingerprint density at radius 3 is 2.69 bits per heavy atom. The molecule has 0 saturated heterocycles. The van der Waals surface area contributed by atoms with Crippen LogP contribution in [0.4, 0.5) is 0 Å². The minimum atomic E-state index is -0.660. The first-order valence-electron chi connectivity index (χ1n) is 5.41. The molecule has 0 saturated carbocycles. The first-order valence-corrected chi connectivity index (χ1v) is 5.41. The molecule has 0 aliphatic heterocycles. The Kier molecular flexibility index (Phi) is 4.06. The van der Waals surface area contributed by atoms with E-state index in [1.807, 2.05) is 31.5 Å². The number of aromatic nitrogens is 2. The van der Waals surface area contributed by atoms with Crippen molar-refractivity contribution in [2.75, 3.05) is 6.61 Å². The minimum absolute atomic E-state index is 0.153. The van der Waals surface area contributed by atoms with Crippen LogP contribution in [0.15, 0.2) is 6.20 Å². The fourth-order valence-electron chi connectivity index (χ4n) is 1.66. The second-order valence-corrected chi connectivity index (χ2v) is 3.86. The fourth-order valence-corrected chi connectivity index (χ4v) is 1.66. The average molecular weight is 225 g/mol. The number of esters is 1. The number of nitrogens with two attached hydrogens (primary N) is 1. The van der Waals surface area contributed by atoms with Gasteiger partial charge in [-0.25, -0.2) is 4.98 Å². The Morgan fingerprint density at radius 1 is 1.62 bits per heavy atom. The molecule has 0 radical (unpaired) electrons. The number of carbonyl (C=O) groups is 1. The lowest BCUT2D eigenvalue weighted by atomic mass is 10.1. The number of aryl methyl sites for hydroxylation is 2. The molecule has 1 aromatic heterocycles. The Labute approximate surface area is 95.6 Å². The summed E-state index contributed by atoms with van der Waals surface area (Å²) in [5.74, 6) is 0.477. The Bertz CT molecular complexity index is 373. The molecule has 1 heterocycles. The maximum atomic E-state index is 11.5. The van der Waals surface area contributed by atoms with Crippen LogP contribution in [0.5, 0.6) is 0 Å². The van der Waals surface area contributed by atoms with Crippen molar-refractivity contribution in [1.82, 2.24) is 9.55 Å². The van der Waals surface area contributed by atoms with Gasteiger partial charge in [-0.05, 0) is 27.7 Å². The largest absolute Gasteiger partial charge is 0.465 e. The molecule has 1 aromatic rings. The van der Waals surface area contributed by atoms with E-state index in [2.05, 4.69) is 4.98 Å². The van der Waals surface area contributed by atoms with Gasteiger partial charge in [-0.3, -0.25) is 4.79 Å². The summed E-state index contributed by atoms with van der Waals surface area (Å²) in [7, 11) is 0. The summed E-state index contributed by atoms with van der Waals surface area (Å²) in [4.78, 5) is 15.8. The van der Waals surface area contributed by atoms with E-state index in [0.29, 0.717) is 6.61 Å². The summed E-state index contributed by atoms with van der Waals surface area (Å²) in [6.45, 7) is 7.80. The molecule has 0 aliphatic carbocycles.